The molecule has 0 bridgehead atoms. The summed E-state index contributed by atoms with van der Waals surface area (Å²) in [5.74, 6) is 2.47. The Morgan fingerprint density at radius 1 is 1.08 bits per heavy atom. The van der Waals surface area contributed by atoms with Crippen molar-refractivity contribution < 1.29 is 19.0 Å². The fourth-order valence-electron chi connectivity index (χ4n) is 2.55. The van der Waals surface area contributed by atoms with Crippen LogP contribution in [-0.2, 0) is 11.3 Å². The fourth-order valence-corrected chi connectivity index (χ4v) is 2.55. The standard InChI is InChI=1S/C20H23NO4/c1-14(2)16-4-6-17(7-5-16)25-13-20(22)21-12-15-3-8-18-19(11-15)24-10-9-23-18/h3-8,11,14H,9-10,12-13H2,1-2H3,(H,21,22). The minimum Gasteiger partial charge on any atom is -0.486 e. The molecule has 25 heavy (non-hydrogen) atoms. The Hall–Kier alpha value is -2.69. The second-order valence-electron chi connectivity index (χ2n) is 6.27. The molecule has 0 aliphatic carbocycles. The van der Waals surface area contributed by atoms with E-state index in [-0.39, 0.29) is 12.5 Å². The van der Waals surface area contributed by atoms with Crippen molar-refractivity contribution in [3.63, 3.8) is 0 Å². The van der Waals surface area contributed by atoms with E-state index < -0.39 is 0 Å². The molecule has 0 radical (unpaired) electrons. The van der Waals surface area contributed by atoms with Crippen LogP contribution >= 0.6 is 0 Å². The zero-order chi connectivity index (χ0) is 17.6. The highest BCUT2D eigenvalue weighted by Gasteiger charge is 2.12. The molecule has 1 aliphatic heterocycles. The zero-order valence-electron chi connectivity index (χ0n) is 14.6. The molecule has 0 atom stereocenters. The van der Waals surface area contributed by atoms with Crippen molar-refractivity contribution in [1.29, 1.82) is 0 Å². The summed E-state index contributed by atoms with van der Waals surface area (Å²) in [5, 5.41) is 2.85. The molecule has 2 aromatic carbocycles. The number of carbonyl (C=O) groups is 1. The maximum absolute atomic E-state index is 12.0. The van der Waals surface area contributed by atoms with Crippen LogP contribution in [0, 0.1) is 0 Å². The van der Waals surface area contributed by atoms with Crippen LogP contribution in [0.5, 0.6) is 17.2 Å². The van der Waals surface area contributed by atoms with Crippen molar-refractivity contribution in [2.75, 3.05) is 19.8 Å². The third-order valence-corrected chi connectivity index (χ3v) is 4.01. The Kier molecular flexibility index (Phi) is 5.43. The van der Waals surface area contributed by atoms with Gasteiger partial charge < -0.3 is 19.5 Å². The summed E-state index contributed by atoms with van der Waals surface area (Å²) in [4.78, 5) is 12.0. The molecule has 0 aromatic heterocycles. The number of hydrogen-bond acceptors (Lipinski definition) is 4. The molecular formula is C20H23NO4. The first-order valence-corrected chi connectivity index (χ1v) is 8.50. The quantitative estimate of drug-likeness (QED) is 0.876. The van der Waals surface area contributed by atoms with Crippen LogP contribution in [0.1, 0.15) is 30.9 Å². The van der Waals surface area contributed by atoms with E-state index in [1.165, 1.54) is 5.56 Å². The third kappa shape index (κ3) is 4.66. The third-order valence-electron chi connectivity index (χ3n) is 4.01. The fraction of sp³-hybridized carbons (Fsp3) is 0.350. The average molecular weight is 341 g/mol. The molecule has 0 spiro atoms. The zero-order valence-corrected chi connectivity index (χ0v) is 14.6. The van der Waals surface area contributed by atoms with Crippen molar-refractivity contribution in [2.45, 2.75) is 26.3 Å². The van der Waals surface area contributed by atoms with Gasteiger partial charge in [-0.1, -0.05) is 32.0 Å². The van der Waals surface area contributed by atoms with Crippen LogP contribution in [0.15, 0.2) is 42.5 Å². The molecule has 1 amide bonds. The van der Waals surface area contributed by atoms with E-state index in [4.69, 9.17) is 14.2 Å². The minimum atomic E-state index is -0.164. The normalized spacial score (nSPS) is 12.8. The first-order valence-electron chi connectivity index (χ1n) is 8.50. The van der Waals surface area contributed by atoms with E-state index in [0.29, 0.717) is 31.4 Å². The number of carbonyl (C=O) groups excluding carboxylic acids is 1. The maximum Gasteiger partial charge on any atom is 0.258 e. The smallest absolute Gasteiger partial charge is 0.258 e. The average Bonchev–Trinajstić information content (AvgIpc) is 2.65. The van der Waals surface area contributed by atoms with Crippen LogP contribution in [0.25, 0.3) is 0 Å². The molecular weight excluding hydrogens is 318 g/mol. The van der Waals surface area contributed by atoms with Crippen molar-refractivity contribution in [3.05, 3.63) is 53.6 Å². The van der Waals surface area contributed by atoms with Gasteiger partial charge in [-0.25, -0.2) is 0 Å². The molecule has 0 saturated heterocycles. The van der Waals surface area contributed by atoms with Crippen molar-refractivity contribution in [3.8, 4) is 17.2 Å². The number of amides is 1. The van der Waals surface area contributed by atoms with E-state index in [1.807, 2.05) is 42.5 Å². The van der Waals surface area contributed by atoms with Gasteiger partial charge in [-0.05, 0) is 41.3 Å². The van der Waals surface area contributed by atoms with E-state index in [1.54, 1.807) is 0 Å². The Morgan fingerprint density at radius 3 is 2.52 bits per heavy atom. The van der Waals surface area contributed by atoms with Gasteiger partial charge >= 0.3 is 0 Å². The van der Waals surface area contributed by atoms with Gasteiger partial charge in [0.05, 0.1) is 0 Å². The Labute approximate surface area is 147 Å². The number of ether oxygens (including phenoxy) is 3. The lowest BCUT2D eigenvalue weighted by Crippen LogP contribution is -2.28. The molecule has 1 aliphatic rings. The van der Waals surface area contributed by atoms with E-state index in [9.17, 15) is 4.79 Å². The monoisotopic (exact) mass is 341 g/mol. The van der Waals surface area contributed by atoms with Gasteiger partial charge in [-0.15, -0.1) is 0 Å². The second-order valence-corrected chi connectivity index (χ2v) is 6.27. The summed E-state index contributed by atoms with van der Waals surface area (Å²) >= 11 is 0. The van der Waals surface area contributed by atoms with Crippen molar-refractivity contribution in [2.24, 2.45) is 0 Å². The molecule has 0 saturated carbocycles. The van der Waals surface area contributed by atoms with Crippen LogP contribution in [0.4, 0.5) is 0 Å². The molecule has 3 rings (SSSR count). The summed E-state index contributed by atoms with van der Waals surface area (Å²) in [7, 11) is 0. The van der Waals surface area contributed by atoms with Gasteiger partial charge in [0.25, 0.3) is 5.91 Å². The number of fused-ring (bicyclic) bond motifs is 1. The molecule has 132 valence electrons. The molecule has 5 heteroatoms. The Balaban J connectivity index is 1.46. The van der Waals surface area contributed by atoms with Crippen LogP contribution in [0.3, 0.4) is 0 Å². The number of rotatable bonds is 6. The maximum atomic E-state index is 12.0. The SMILES string of the molecule is CC(C)c1ccc(OCC(=O)NCc2ccc3c(c2)OCCO3)cc1. The summed E-state index contributed by atoms with van der Waals surface area (Å²) in [6.07, 6.45) is 0. The highest BCUT2D eigenvalue weighted by atomic mass is 16.6. The molecule has 1 N–H and O–H groups in total. The highest BCUT2D eigenvalue weighted by molar-refractivity contribution is 5.77. The largest absolute Gasteiger partial charge is 0.486 e. The summed E-state index contributed by atoms with van der Waals surface area (Å²) in [6.45, 7) is 5.81. The predicted octanol–water partition coefficient (Wildman–Crippen LogP) is 3.28. The lowest BCUT2D eigenvalue weighted by molar-refractivity contribution is -0.123. The van der Waals surface area contributed by atoms with Gasteiger partial charge in [0.1, 0.15) is 19.0 Å². The Bertz CT molecular complexity index is 725. The molecule has 0 unspecified atom stereocenters. The number of benzene rings is 2. The summed E-state index contributed by atoms with van der Waals surface area (Å²) in [5.41, 5.74) is 2.20. The molecule has 2 aromatic rings. The Morgan fingerprint density at radius 2 is 1.80 bits per heavy atom. The summed E-state index contributed by atoms with van der Waals surface area (Å²) in [6, 6.07) is 13.5. The lowest BCUT2D eigenvalue weighted by Gasteiger charge is -2.19. The number of nitrogens with one attached hydrogen (secondary N) is 1. The second kappa shape index (κ2) is 7.92. The van der Waals surface area contributed by atoms with Crippen LogP contribution in [0.2, 0.25) is 0 Å². The van der Waals surface area contributed by atoms with E-state index >= 15 is 0 Å². The van der Waals surface area contributed by atoms with E-state index in [0.717, 1.165) is 17.1 Å². The lowest BCUT2D eigenvalue weighted by atomic mass is 10.0. The first-order chi connectivity index (χ1) is 12.1. The van der Waals surface area contributed by atoms with E-state index in [2.05, 4.69) is 19.2 Å². The van der Waals surface area contributed by atoms with Crippen molar-refractivity contribution >= 4 is 5.91 Å². The highest BCUT2D eigenvalue weighted by Crippen LogP contribution is 2.30. The molecule has 5 nitrogen and oxygen atoms in total. The van der Waals surface area contributed by atoms with Crippen molar-refractivity contribution in [1.82, 2.24) is 5.32 Å². The van der Waals surface area contributed by atoms with Gasteiger partial charge in [0.2, 0.25) is 0 Å². The topological polar surface area (TPSA) is 56.8 Å². The van der Waals surface area contributed by atoms with Crippen LogP contribution in [-0.4, -0.2) is 25.7 Å². The summed E-state index contributed by atoms with van der Waals surface area (Å²) < 4.78 is 16.5. The van der Waals surface area contributed by atoms with Gasteiger partial charge in [-0.2, -0.15) is 0 Å². The molecule has 1 heterocycles. The van der Waals surface area contributed by atoms with Crippen LogP contribution < -0.4 is 19.5 Å². The minimum absolute atomic E-state index is 0.00836. The van der Waals surface area contributed by atoms with Gasteiger partial charge in [0.15, 0.2) is 18.1 Å². The molecule has 0 fully saturated rings. The van der Waals surface area contributed by atoms with Gasteiger partial charge in [-0.3, -0.25) is 4.79 Å². The van der Waals surface area contributed by atoms with Gasteiger partial charge in [0, 0.05) is 6.54 Å². The number of hydrogen-bond donors (Lipinski definition) is 1. The first kappa shape index (κ1) is 17.1. The predicted molar refractivity (Wildman–Crippen MR) is 95.3 cm³/mol.